The number of carbonyl (C=O) groups is 1. The van der Waals surface area contributed by atoms with Gasteiger partial charge in [0, 0.05) is 29.5 Å². The van der Waals surface area contributed by atoms with Crippen LogP contribution < -0.4 is 0 Å². The summed E-state index contributed by atoms with van der Waals surface area (Å²) >= 11 is 5.94. The smallest absolute Gasteiger partial charge is 0.182 e. The van der Waals surface area contributed by atoms with Gasteiger partial charge in [0.15, 0.2) is 5.78 Å². The van der Waals surface area contributed by atoms with Crippen molar-refractivity contribution < 1.29 is 4.79 Å². The molecular formula is C16H25ClN2O. The van der Waals surface area contributed by atoms with E-state index in [-0.39, 0.29) is 5.78 Å². The van der Waals surface area contributed by atoms with Gasteiger partial charge in [0.25, 0.3) is 0 Å². The summed E-state index contributed by atoms with van der Waals surface area (Å²) < 4.78 is 2.28. The fourth-order valence-corrected chi connectivity index (χ4v) is 3.25. The Balaban J connectivity index is 2.22. The van der Waals surface area contributed by atoms with Gasteiger partial charge in [-0.1, -0.05) is 6.42 Å². The van der Waals surface area contributed by atoms with Gasteiger partial charge in [0.2, 0.25) is 0 Å². The minimum absolute atomic E-state index is 0.0306. The Morgan fingerprint density at radius 2 is 2.15 bits per heavy atom. The van der Waals surface area contributed by atoms with Crippen molar-refractivity contribution in [1.29, 1.82) is 0 Å². The molecule has 2 atom stereocenters. The molecule has 1 saturated heterocycles. The molecule has 0 radical (unpaired) electrons. The molecule has 112 valence electrons. The minimum Gasteiger partial charge on any atom is -0.347 e. The standard InChI is InChI=1S/C16H25ClN2O/c1-11-9-15(16(20)12(2)17)13(3)19(11)10-14-7-5-6-8-18(14)4/h9,12,14H,5-8,10H2,1-4H3. The first-order valence-electron chi connectivity index (χ1n) is 7.47. The molecule has 1 aliphatic rings. The van der Waals surface area contributed by atoms with Gasteiger partial charge in [-0.05, 0) is 53.3 Å². The van der Waals surface area contributed by atoms with Crippen LogP contribution >= 0.6 is 11.6 Å². The second kappa shape index (κ2) is 6.31. The van der Waals surface area contributed by atoms with Gasteiger partial charge in [-0.2, -0.15) is 0 Å². The number of rotatable bonds is 4. The normalized spacial score (nSPS) is 21.9. The lowest BCUT2D eigenvalue weighted by atomic mass is 10.0. The largest absolute Gasteiger partial charge is 0.347 e. The highest BCUT2D eigenvalue weighted by molar-refractivity contribution is 6.33. The summed E-state index contributed by atoms with van der Waals surface area (Å²) in [6.07, 6.45) is 3.84. The number of carbonyl (C=O) groups excluding carboxylic acids is 1. The van der Waals surface area contributed by atoms with Crippen LogP contribution in [0.15, 0.2) is 6.07 Å². The third-order valence-electron chi connectivity index (χ3n) is 4.52. The number of alkyl halides is 1. The van der Waals surface area contributed by atoms with E-state index >= 15 is 0 Å². The summed E-state index contributed by atoms with van der Waals surface area (Å²) in [5.74, 6) is 0.0306. The highest BCUT2D eigenvalue weighted by Gasteiger charge is 2.23. The fraction of sp³-hybridized carbons (Fsp3) is 0.688. The van der Waals surface area contributed by atoms with Crippen LogP contribution in [0, 0.1) is 13.8 Å². The maximum Gasteiger partial charge on any atom is 0.182 e. The SMILES string of the molecule is Cc1cc(C(=O)C(C)Cl)c(C)n1CC1CCCCN1C. The molecule has 3 nitrogen and oxygen atoms in total. The topological polar surface area (TPSA) is 25.2 Å². The lowest BCUT2D eigenvalue weighted by Gasteiger charge is -2.33. The van der Waals surface area contributed by atoms with E-state index in [2.05, 4.69) is 23.4 Å². The molecule has 2 heterocycles. The van der Waals surface area contributed by atoms with Crippen molar-refractivity contribution in [2.45, 2.75) is 58.0 Å². The molecule has 2 rings (SSSR count). The number of aromatic nitrogens is 1. The molecule has 0 bridgehead atoms. The second-order valence-corrected chi connectivity index (χ2v) is 6.66. The van der Waals surface area contributed by atoms with Crippen LogP contribution in [-0.2, 0) is 6.54 Å². The Morgan fingerprint density at radius 1 is 1.45 bits per heavy atom. The number of Topliss-reactive ketones (excluding diaryl/α,β-unsaturated/α-hetero) is 1. The molecule has 0 amide bonds. The molecule has 0 N–H and O–H groups in total. The van der Waals surface area contributed by atoms with Crippen molar-refractivity contribution in [2.24, 2.45) is 0 Å². The van der Waals surface area contributed by atoms with Crippen LogP contribution in [0.1, 0.15) is 47.9 Å². The summed E-state index contributed by atoms with van der Waals surface area (Å²) in [6, 6.07) is 2.56. The number of likely N-dealkylation sites (N-methyl/N-ethyl adjacent to an activating group) is 1. The van der Waals surface area contributed by atoms with Crippen LogP contribution in [0.2, 0.25) is 0 Å². The summed E-state index contributed by atoms with van der Waals surface area (Å²) in [4.78, 5) is 14.6. The van der Waals surface area contributed by atoms with Crippen LogP contribution in [-0.4, -0.2) is 40.3 Å². The van der Waals surface area contributed by atoms with Gasteiger partial charge in [-0.15, -0.1) is 11.6 Å². The Hall–Kier alpha value is -0.800. The monoisotopic (exact) mass is 296 g/mol. The lowest BCUT2D eigenvalue weighted by molar-refractivity contribution is 0.0991. The number of aryl methyl sites for hydroxylation is 1. The van der Waals surface area contributed by atoms with Gasteiger partial charge in [0.1, 0.15) is 0 Å². The Morgan fingerprint density at radius 3 is 2.75 bits per heavy atom. The molecule has 1 aromatic heterocycles. The van der Waals surface area contributed by atoms with E-state index < -0.39 is 5.38 Å². The Kier molecular flexibility index (Phi) is 4.92. The van der Waals surface area contributed by atoms with Crippen LogP contribution in [0.3, 0.4) is 0 Å². The highest BCUT2D eigenvalue weighted by Crippen LogP contribution is 2.22. The van der Waals surface area contributed by atoms with Gasteiger partial charge >= 0.3 is 0 Å². The number of nitrogens with zero attached hydrogens (tertiary/aromatic N) is 2. The molecule has 0 aromatic carbocycles. The highest BCUT2D eigenvalue weighted by atomic mass is 35.5. The maximum absolute atomic E-state index is 12.1. The molecule has 0 aliphatic carbocycles. The lowest BCUT2D eigenvalue weighted by Crippen LogP contribution is -2.39. The van der Waals surface area contributed by atoms with Crippen LogP contribution in [0.4, 0.5) is 0 Å². The summed E-state index contributed by atoms with van der Waals surface area (Å²) in [6.45, 7) is 7.99. The van der Waals surface area contributed by atoms with E-state index in [4.69, 9.17) is 11.6 Å². The van der Waals surface area contributed by atoms with Gasteiger partial charge in [-0.3, -0.25) is 4.79 Å². The van der Waals surface area contributed by atoms with Crippen molar-refractivity contribution in [2.75, 3.05) is 13.6 Å². The van der Waals surface area contributed by atoms with Crippen LogP contribution in [0.25, 0.3) is 0 Å². The molecule has 1 aromatic rings. The number of piperidine rings is 1. The summed E-state index contributed by atoms with van der Waals surface area (Å²) in [5, 5.41) is -0.457. The zero-order valence-electron chi connectivity index (χ0n) is 12.9. The van der Waals surface area contributed by atoms with Crippen molar-refractivity contribution in [3.63, 3.8) is 0 Å². The van der Waals surface area contributed by atoms with Gasteiger partial charge in [0.05, 0.1) is 5.38 Å². The van der Waals surface area contributed by atoms with E-state index in [0.29, 0.717) is 6.04 Å². The van der Waals surface area contributed by atoms with E-state index in [1.54, 1.807) is 6.92 Å². The molecular weight excluding hydrogens is 272 g/mol. The van der Waals surface area contributed by atoms with Crippen molar-refractivity contribution in [3.8, 4) is 0 Å². The second-order valence-electron chi connectivity index (χ2n) is 6.01. The number of ketones is 1. The molecule has 4 heteroatoms. The average molecular weight is 297 g/mol. The van der Waals surface area contributed by atoms with Gasteiger partial charge < -0.3 is 9.47 Å². The Labute approximate surface area is 126 Å². The van der Waals surface area contributed by atoms with E-state index in [9.17, 15) is 4.79 Å². The Bertz CT molecular complexity index is 493. The molecule has 1 fully saturated rings. The van der Waals surface area contributed by atoms with Crippen molar-refractivity contribution in [3.05, 3.63) is 23.0 Å². The van der Waals surface area contributed by atoms with Gasteiger partial charge in [-0.25, -0.2) is 0 Å². The first-order chi connectivity index (χ1) is 9.41. The quantitative estimate of drug-likeness (QED) is 0.628. The number of hydrogen-bond acceptors (Lipinski definition) is 2. The molecule has 0 saturated carbocycles. The molecule has 20 heavy (non-hydrogen) atoms. The number of halogens is 1. The maximum atomic E-state index is 12.1. The fourth-order valence-electron chi connectivity index (χ4n) is 3.13. The third kappa shape index (κ3) is 3.09. The van der Waals surface area contributed by atoms with E-state index in [0.717, 1.165) is 23.5 Å². The predicted molar refractivity (Wildman–Crippen MR) is 83.8 cm³/mol. The first-order valence-corrected chi connectivity index (χ1v) is 7.90. The third-order valence-corrected chi connectivity index (χ3v) is 4.71. The molecule has 0 spiro atoms. The predicted octanol–water partition coefficient (Wildman–Crippen LogP) is 3.40. The van der Waals surface area contributed by atoms with Crippen LogP contribution in [0.5, 0.6) is 0 Å². The van der Waals surface area contributed by atoms with Crippen molar-refractivity contribution in [1.82, 2.24) is 9.47 Å². The van der Waals surface area contributed by atoms with E-state index in [1.807, 2.05) is 13.0 Å². The van der Waals surface area contributed by atoms with Crippen molar-refractivity contribution >= 4 is 17.4 Å². The zero-order valence-corrected chi connectivity index (χ0v) is 13.7. The molecule has 2 unspecified atom stereocenters. The molecule has 1 aliphatic heterocycles. The first kappa shape index (κ1) is 15.6. The summed E-state index contributed by atoms with van der Waals surface area (Å²) in [7, 11) is 2.20. The average Bonchev–Trinajstić information content (AvgIpc) is 2.68. The van der Waals surface area contributed by atoms with E-state index in [1.165, 1.54) is 25.8 Å². The number of hydrogen-bond donors (Lipinski definition) is 0. The number of likely N-dealkylation sites (tertiary alicyclic amines) is 1. The minimum atomic E-state index is -0.457. The zero-order chi connectivity index (χ0) is 14.9. The summed E-state index contributed by atoms with van der Waals surface area (Å²) in [5.41, 5.74) is 2.99.